The molecule has 0 spiro atoms. The van der Waals surface area contributed by atoms with Gasteiger partial charge in [0.05, 0.1) is 6.10 Å². The fourth-order valence-electron chi connectivity index (χ4n) is 1.55. The number of halogens is 2. The summed E-state index contributed by atoms with van der Waals surface area (Å²) in [6.07, 6.45) is 1.34. The van der Waals surface area contributed by atoms with Crippen molar-refractivity contribution < 1.29 is 4.74 Å². The minimum atomic E-state index is 0.298. The molecule has 1 rings (SSSR count). The first kappa shape index (κ1) is 13.2. The zero-order valence-corrected chi connectivity index (χ0v) is 12.2. The average molecular weight is 336 g/mol. The van der Waals surface area contributed by atoms with Crippen LogP contribution in [-0.2, 0) is 4.74 Å². The smallest absolute Gasteiger partial charge is 0.0549 e. The van der Waals surface area contributed by atoms with E-state index in [1.54, 1.807) is 7.11 Å². The van der Waals surface area contributed by atoms with Gasteiger partial charge in [-0.05, 0) is 37.0 Å². The van der Waals surface area contributed by atoms with E-state index in [0.29, 0.717) is 12.0 Å². The summed E-state index contributed by atoms with van der Waals surface area (Å²) >= 11 is 7.06. The summed E-state index contributed by atoms with van der Waals surface area (Å²) in [5.41, 5.74) is 1.35. The molecule has 1 aromatic carbocycles. The highest BCUT2D eigenvalue weighted by Gasteiger charge is 2.14. The van der Waals surface area contributed by atoms with E-state index in [4.69, 9.17) is 4.74 Å². The van der Waals surface area contributed by atoms with Crippen LogP contribution in [0.15, 0.2) is 28.7 Å². The molecule has 84 valence electrons. The van der Waals surface area contributed by atoms with Gasteiger partial charge < -0.3 is 4.74 Å². The molecule has 0 N–H and O–H groups in total. The van der Waals surface area contributed by atoms with E-state index < -0.39 is 0 Å². The average Bonchev–Trinajstić information content (AvgIpc) is 2.25. The Morgan fingerprint density at radius 3 is 2.67 bits per heavy atom. The van der Waals surface area contributed by atoms with E-state index in [1.165, 1.54) is 5.56 Å². The molecule has 1 nitrogen and oxygen atoms in total. The highest BCUT2D eigenvalue weighted by Crippen LogP contribution is 2.26. The quantitative estimate of drug-likeness (QED) is 0.727. The lowest BCUT2D eigenvalue weighted by molar-refractivity contribution is 0.106. The Morgan fingerprint density at radius 1 is 1.40 bits per heavy atom. The first-order valence-corrected chi connectivity index (χ1v) is 6.93. The molecule has 3 heteroatoms. The first-order valence-electron chi connectivity index (χ1n) is 5.01. The van der Waals surface area contributed by atoms with Crippen molar-refractivity contribution in [3.05, 3.63) is 34.3 Å². The predicted octanol–water partition coefficient (Wildman–Crippen LogP) is 4.35. The molecule has 2 atom stereocenters. The monoisotopic (exact) mass is 334 g/mol. The summed E-state index contributed by atoms with van der Waals surface area (Å²) in [7, 11) is 1.76. The lowest BCUT2D eigenvalue weighted by atomic mass is 9.95. The van der Waals surface area contributed by atoms with E-state index in [-0.39, 0.29) is 0 Å². The third kappa shape index (κ3) is 4.25. The molecule has 1 aromatic rings. The molecule has 0 bridgehead atoms. The van der Waals surface area contributed by atoms with Crippen LogP contribution in [0.2, 0.25) is 0 Å². The van der Waals surface area contributed by atoms with Crippen LogP contribution in [0.25, 0.3) is 0 Å². The highest BCUT2D eigenvalue weighted by molar-refractivity contribution is 9.10. The van der Waals surface area contributed by atoms with Crippen LogP contribution in [-0.4, -0.2) is 18.5 Å². The summed E-state index contributed by atoms with van der Waals surface area (Å²) in [6.45, 7) is 2.10. The van der Waals surface area contributed by atoms with Crippen LogP contribution >= 0.6 is 31.9 Å². The molecular formula is C12H16Br2O. The van der Waals surface area contributed by atoms with Crippen molar-refractivity contribution in [1.82, 2.24) is 0 Å². The van der Waals surface area contributed by atoms with E-state index in [1.807, 2.05) is 0 Å². The molecular weight excluding hydrogens is 320 g/mol. The molecule has 0 amide bonds. The van der Waals surface area contributed by atoms with Crippen LogP contribution in [0.1, 0.15) is 24.8 Å². The predicted molar refractivity (Wildman–Crippen MR) is 71.8 cm³/mol. The van der Waals surface area contributed by atoms with Crippen molar-refractivity contribution in [3.63, 3.8) is 0 Å². The second kappa shape index (κ2) is 6.66. The molecule has 0 heterocycles. The zero-order chi connectivity index (χ0) is 11.3. The lowest BCUT2D eigenvalue weighted by Gasteiger charge is -2.18. The Labute approximate surface area is 108 Å². The topological polar surface area (TPSA) is 9.23 Å². The molecule has 0 saturated heterocycles. The van der Waals surface area contributed by atoms with Gasteiger partial charge in [-0.3, -0.25) is 0 Å². The van der Waals surface area contributed by atoms with Gasteiger partial charge in [-0.25, -0.2) is 0 Å². The Morgan fingerprint density at radius 2 is 2.13 bits per heavy atom. The molecule has 0 aromatic heterocycles. The lowest BCUT2D eigenvalue weighted by Crippen LogP contribution is -2.12. The Balaban J connectivity index is 2.73. The number of benzene rings is 1. The van der Waals surface area contributed by atoms with Gasteiger partial charge in [0.2, 0.25) is 0 Å². The van der Waals surface area contributed by atoms with Crippen LogP contribution < -0.4 is 0 Å². The van der Waals surface area contributed by atoms with Gasteiger partial charge in [0.15, 0.2) is 0 Å². The molecule has 0 aliphatic heterocycles. The molecule has 0 radical (unpaired) electrons. The summed E-state index contributed by atoms with van der Waals surface area (Å²) in [5.74, 6) is 0.512. The third-order valence-corrected chi connectivity index (χ3v) is 3.80. The van der Waals surface area contributed by atoms with Crippen molar-refractivity contribution in [1.29, 1.82) is 0 Å². The number of alkyl halides is 1. The highest BCUT2D eigenvalue weighted by atomic mass is 79.9. The van der Waals surface area contributed by atoms with Crippen LogP contribution in [0.3, 0.4) is 0 Å². The second-order valence-electron chi connectivity index (χ2n) is 3.69. The SMILES string of the molecule is COC(C)CC(CBr)c1cccc(Br)c1. The van der Waals surface area contributed by atoms with Crippen LogP contribution in [0.5, 0.6) is 0 Å². The fraction of sp³-hybridized carbons (Fsp3) is 0.500. The van der Waals surface area contributed by atoms with E-state index in [0.717, 1.165) is 16.2 Å². The van der Waals surface area contributed by atoms with Crippen LogP contribution in [0, 0.1) is 0 Å². The van der Waals surface area contributed by atoms with E-state index in [2.05, 4.69) is 63.0 Å². The van der Waals surface area contributed by atoms with Gasteiger partial charge in [0.25, 0.3) is 0 Å². The molecule has 0 saturated carbocycles. The van der Waals surface area contributed by atoms with Gasteiger partial charge in [0.1, 0.15) is 0 Å². The zero-order valence-electron chi connectivity index (χ0n) is 9.04. The molecule has 2 unspecified atom stereocenters. The van der Waals surface area contributed by atoms with Crippen molar-refractivity contribution in [2.75, 3.05) is 12.4 Å². The maximum atomic E-state index is 5.30. The summed E-state index contributed by atoms with van der Waals surface area (Å²) in [5, 5.41) is 0.969. The fourth-order valence-corrected chi connectivity index (χ4v) is 2.60. The van der Waals surface area contributed by atoms with E-state index >= 15 is 0 Å². The van der Waals surface area contributed by atoms with Crippen molar-refractivity contribution in [3.8, 4) is 0 Å². The van der Waals surface area contributed by atoms with Crippen molar-refractivity contribution in [2.24, 2.45) is 0 Å². The van der Waals surface area contributed by atoms with Gasteiger partial charge in [-0.2, -0.15) is 0 Å². The third-order valence-electron chi connectivity index (χ3n) is 2.53. The first-order chi connectivity index (χ1) is 7.17. The van der Waals surface area contributed by atoms with Gasteiger partial charge >= 0.3 is 0 Å². The standard InChI is InChI=1S/C12H16Br2O/c1-9(15-2)6-11(8-13)10-4-3-5-12(14)7-10/h3-5,7,9,11H,6,8H2,1-2H3. The number of rotatable bonds is 5. The molecule has 0 aliphatic rings. The van der Waals surface area contributed by atoms with Gasteiger partial charge in [-0.1, -0.05) is 44.0 Å². The molecule has 15 heavy (non-hydrogen) atoms. The van der Waals surface area contributed by atoms with Crippen LogP contribution in [0.4, 0.5) is 0 Å². The minimum absolute atomic E-state index is 0.298. The van der Waals surface area contributed by atoms with Gasteiger partial charge in [0, 0.05) is 16.9 Å². The number of hydrogen-bond acceptors (Lipinski definition) is 1. The Bertz CT molecular complexity index is 301. The Kier molecular flexibility index (Phi) is 5.87. The summed E-state index contributed by atoms with van der Waals surface area (Å²) < 4.78 is 6.44. The van der Waals surface area contributed by atoms with Crippen molar-refractivity contribution >= 4 is 31.9 Å². The number of ether oxygens (including phenoxy) is 1. The van der Waals surface area contributed by atoms with Gasteiger partial charge in [-0.15, -0.1) is 0 Å². The minimum Gasteiger partial charge on any atom is -0.382 e. The van der Waals surface area contributed by atoms with Crippen molar-refractivity contribution in [2.45, 2.75) is 25.4 Å². The maximum absolute atomic E-state index is 5.30. The van der Waals surface area contributed by atoms with E-state index in [9.17, 15) is 0 Å². The maximum Gasteiger partial charge on any atom is 0.0549 e. The number of methoxy groups -OCH3 is 1. The normalized spacial score (nSPS) is 14.9. The molecule has 0 aliphatic carbocycles. The Hall–Kier alpha value is 0.140. The largest absolute Gasteiger partial charge is 0.382 e. The summed E-state index contributed by atoms with van der Waals surface area (Å²) in [4.78, 5) is 0. The number of hydrogen-bond donors (Lipinski definition) is 0. The second-order valence-corrected chi connectivity index (χ2v) is 5.25. The molecule has 0 fully saturated rings. The summed E-state index contributed by atoms with van der Waals surface area (Å²) in [6, 6.07) is 8.47.